The van der Waals surface area contributed by atoms with Gasteiger partial charge in [0.1, 0.15) is 0 Å². The van der Waals surface area contributed by atoms with Crippen molar-refractivity contribution < 1.29 is 0 Å². The molecular formula is C29H21BrN2. The summed E-state index contributed by atoms with van der Waals surface area (Å²) in [5.41, 5.74) is 8.53. The molecule has 0 fully saturated rings. The molecule has 5 aromatic rings. The molecule has 0 spiro atoms. The number of nitrogens with zero attached hydrogens (tertiary/aromatic N) is 2. The normalized spacial score (nSPS) is 10.8. The van der Waals surface area contributed by atoms with Crippen LogP contribution in [0, 0.1) is 6.92 Å². The number of aryl methyl sites for hydroxylation is 1. The summed E-state index contributed by atoms with van der Waals surface area (Å²) in [6.45, 7) is 2.09. The van der Waals surface area contributed by atoms with Gasteiger partial charge in [-0.3, -0.25) is 0 Å². The maximum absolute atomic E-state index is 4.96. The molecule has 3 heteroatoms. The van der Waals surface area contributed by atoms with Crippen LogP contribution in [-0.2, 0) is 0 Å². The van der Waals surface area contributed by atoms with Gasteiger partial charge in [-0.05, 0) is 42.3 Å². The molecule has 0 aliphatic carbocycles. The highest BCUT2D eigenvalue weighted by Gasteiger charge is 2.11. The highest BCUT2D eigenvalue weighted by atomic mass is 79.9. The van der Waals surface area contributed by atoms with E-state index < -0.39 is 0 Å². The second-order valence-corrected chi connectivity index (χ2v) is 8.70. The molecule has 0 atom stereocenters. The lowest BCUT2D eigenvalue weighted by molar-refractivity contribution is 1.18. The van der Waals surface area contributed by atoms with Crippen molar-refractivity contribution in [1.29, 1.82) is 0 Å². The molecule has 5 rings (SSSR count). The summed E-state index contributed by atoms with van der Waals surface area (Å²) in [6.07, 6.45) is 0. The van der Waals surface area contributed by atoms with Crippen LogP contribution in [0.1, 0.15) is 5.56 Å². The zero-order chi connectivity index (χ0) is 21.9. The summed E-state index contributed by atoms with van der Waals surface area (Å²) in [7, 11) is 0. The van der Waals surface area contributed by atoms with E-state index in [-0.39, 0.29) is 0 Å². The van der Waals surface area contributed by atoms with Crippen LogP contribution in [0.3, 0.4) is 0 Å². The minimum atomic E-state index is 0.727. The van der Waals surface area contributed by atoms with Crippen LogP contribution < -0.4 is 0 Å². The van der Waals surface area contributed by atoms with Crippen molar-refractivity contribution in [3.05, 3.63) is 119 Å². The monoisotopic (exact) mass is 476 g/mol. The molecule has 32 heavy (non-hydrogen) atoms. The molecule has 0 aliphatic rings. The van der Waals surface area contributed by atoms with E-state index in [0.717, 1.165) is 38.4 Å². The first-order valence-corrected chi connectivity index (χ1v) is 11.3. The maximum atomic E-state index is 4.96. The molecule has 0 saturated carbocycles. The molecule has 0 N–H and O–H groups in total. The Morgan fingerprint density at radius 3 is 1.81 bits per heavy atom. The molecule has 0 radical (unpaired) electrons. The highest BCUT2D eigenvalue weighted by molar-refractivity contribution is 9.10. The first kappa shape index (κ1) is 20.3. The van der Waals surface area contributed by atoms with E-state index in [9.17, 15) is 0 Å². The van der Waals surface area contributed by atoms with Crippen LogP contribution in [0.4, 0.5) is 0 Å². The van der Waals surface area contributed by atoms with Crippen LogP contribution in [0.25, 0.3) is 45.0 Å². The number of hydrogen-bond donors (Lipinski definition) is 0. The summed E-state index contributed by atoms with van der Waals surface area (Å²) in [5.74, 6) is 0.727. The van der Waals surface area contributed by atoms with Gasteiger partial charge >= 0.3 is 0 Å². The minimum absolute atomic E-state index is 0.727. The van der Waals surface area contributed by atoms with Crippen LogP contribution in [0.2, 0.25) is 0 Å². The number of rotatable bonds is 4. The fourth-order valence-electron chi connectivity index (χ4n) is 3.68. The smallest absolute Gasteiger partial charge is 0.160 e. The third-order valence-electron chi connectivity index (χ3n) is 5.44. The van der Waals surface area contributed by atoms with E-state index in [0.29, 0.717) is 0 Å². The van der Waals surface area contributed by atoms with E-state index in [2.05, 4.69) is 114 Å². The van der Waals surface area contributed by atoms with Crippen molar-refractivity contribution in [2.24, 2.45) is 0 Å². The van der Waals surface area contributed by atoms with Gasteiger partial charge in [0.05, 0.1) is 11.4 Å². The third kappa shape index (κ3) is 4.39. The van der Waals surface area contributed by atoms with Crippen LogP contribution in [0.5, 0.6) is 0 Å². The van der Waals surface area contributed by atoms with Crippen molar-refractivity contribution in [3.63, 3.8) is 0 Å². The second kappa shape index (κ2) is 8.89. The fraction of sp³-hybridized carbons (Fsp3) is 0.0345. The van der Waals surface area contributed by atoms with E-state index in [1.54, 1.807) is 0 Å². The van der Waals surface area contributed by atoms with E-state index >= 15 is 0 Å². The van der Waals surface area contributed by atoms with Crippen LogP contribution in [0.15, 0.2) is 114 Å². The average Bonchev–Trinajstić information content (AvgIpc) is 2.85. The highest BCUT2D eigenvalue weighted by Crippen LogP contribution is 2.30. The lowest BCUT2D eigenvalue weighted by atomic mass is 10.0. The fourth-order valence-corrected chi connectivity index (χ4v) is 3.95. The van der Waals surface area contributed by atoms with Gasteiger partial charge in [-0.1, -0.05) is 106 Å². The van der Waals surface area contributed by atoms with Gasteiger partial charge in [0.2, 0.25) is 0 Å². The Morgan fingerprint density at radius 2 is 1.09 bits per heavy atom. The minimum Gasteiger partial charge on any atom is -0.228 e. The third-order valence-corrected chi connectivity index (χ3v) is 5.97. The van der Waals surface area contributed by atoms with E-state index in [1.807, 2.05) is 18.2 Å². The van der Waals surface area contributed by atoms with Crippen molar-refractivity contribution in [3.8, 4) is 45.0 Å². The largest absolute Gasteiger partial charge is 0.228 e. The summed E-state index contributed by atoms with van der Waals surface area (Å²) >= 11 is 3.52. The topological polar surface area (TPSA) is 25.8 Å². The van der Waals surface area contributed by atoms with Gasteiger partial charge in [0, 0.05) is 21.2 Å². The van der Waals surface area contributed by atoms with Crippen molar-refractivity contribution >= 4 is 15.9 Å². The average molecular weight is 477 g/mol. The van der Waals surface area contributed by atoms with Gasteiger partial charge in [0.15, 0.2) is 5.82 Å². The van der Waals surface area contributed by atoms with Gasteiger partial charge in [-0.2, -0.15) is 0 Å². The number of halogens is 1. The molecule has 2 nitrogen and oxygen atoms in total. The second-order valence-electron chi connectivity index (χ2n) is 7.78. The lowest BCUT2D eigenvalue weighted by Gasteiger charge is -2.11. The summed E-state index contributed by atoms with van der Waals surface area (Å²) in [6, 6.07) is 37.6. The van der Waals surface area contributed by atoms with Gasteiger partial charge in [-0.15, -0.1) is 0 Å². The van der Waals surface area contributed by atoms with E-state index in [1.165, 1.54) is 16.7 Å². The summed E-state index contributed by atoms with van der Waals surface area (Å²) < 4.78 is 1.05. The first-order chi connectivity index (χ1) is 15.7. The predicted molar refractivity (Wildman–Crippen MR) is 136 cm³/mol. The molecule has 1 heterocycles. The zero-order valence-corrected chi connectivity index (χ0v) is 19.3. The Balaban J connectivity index is 1.66. The van der Waals surface area contributed by atoms with Crippen molar-refractivity contribution in [1.82, 2.24) is 9.97 Å². The molecule has 0 amide bonds. The molecule has 4 aromatic carbocycles. The number of aromatic nitrogens is 2. The quantitative estimate of drug-likeness (QED) is 0.261. The molecular weight excluding hydrogens is 456 g/mol. The molecule has 1 aromatic heterocycles. The van der Waals surface area contributed by atoms with Gasteiger partial charge in [0.25, 0.3) is 0 Å². The molecule has 0 saturated heterocycles. The Kier molecular flexibility index (Phi) is 5.66. The zero-order valence-electron chi connectivity index (χ0n) is 17.7. The standard InChI is InChI=1S/C29H21BrN2/c1-20-10-12-23(13-11-20)29-31-27(22-14-16-26(30)17-15-22)19-28(32-29)25-9-5-8-24(18-25)21-6-3-2-4-7-21/h2-19H,1H3. The van der Waals surface area contributed by atoms with Gasteiger partial charge < -0.3 is 0 Å². The Bertz CT molecular complexity index is 1300. The predicted octanol–water partition coefficient (Wildman–Crippen LogP) is 8.22. The Labute approximate surface area is 196 Å². The van der Waals surface area contributed by atoms with Crippen LogP contribution >= 0.6 is 15.9 Å². The molecule has 0 aliphatic heterocycles. The van der Waals surface area contributed by atoms with Crippen LogP contribution in [-0.4, -0.2) is 9.97 Å². The Hall–Kier alpha value is -3.56. The van der Waals surface area contributed by atoms with Crippen molar-refractivity contribution in [2.45, 2.75) is 6.92 Å². The Morgan fingerprint density at radius 1 is 0.500 bits per heavy atom. The van der Waals surface area contributed by atoms with E-state index in [4.69, 9.17) is 9.97 Å². The first-order valence-electron chi connectivity index (χ1n) is 10.5. The number of benzene rings is 4. The number of hydrogen-bond acceptors (Lipinski definition) is 2. The lowest BCUT2D eigenvalue weighted by Crippen LogP contribution is -1.96. The van der Waals surface area contributed by atoms with Gasteiger partial charge in [-0.25, -0.2) is 9.97 Å². The molecule has 0 bridgehead atoms. The van der Waals surface area contributed by atoms with Crippen molar-refractivity contribution in [2.75, 3.05) is 0 Å². The summed E-state index contributed by atoms with van der Waals surface area (Å²) in [4.78, 5) is 9.87. The maximum Gasteiger partial charge on any atom is 0.160 e. The summed E-state index contributed by atoms with van der Waals surface area (Å²) in [5, 5.41) is 0. The SMILES string of the molecule is Cc1ccc(-c2nc(-c3ccc(Br)cc3)cc(-c3cccc(-c4ccccc4)c3)n2)cc1. The molecule has 154 valence electrons. The molecule has 0 unspecified atom stereocenters.